The average molecular weight is 460 g/mol. The number of rotatable bonds is 1. The fourth-order valence-electron chi connectivity index (χ4n) is 6.23. The van der Waals surface area contributed by atoms with Crippen molar-refractivity contribution >= 4 is 11.9 Å². The van der Waals surface area contributed by atoms with Crippen molar-refractivity contribution in [3.63, 3.8) is 0 Å². The van der Waals surface area contributed by atoms with Gasteiger partial charge in [-0.05, 0) is 62.8 Å². The summed E-state index contributed by atoms with van der Waals surface area (Å²) < 4.78 is 10.4. The fraction of sp³-hybridized carbons (Fsp3) is 0.760. The Morgan fingerprint density at radius 1 is 1.03 bits per heavy atom. The SMILES string of the molecule is Cc1cccc(C)c1C1CC2NC(NSC3CCCC(C3)CN3CCN(C)C[C@@H]3CO2)N1. The summed E-state index contributed by atoms with van der Waals surface area (Å²) in [7, 11) is 2.26. The molecule has 32 heavy (non-hydrogen) atoms. The van der Waals surface area contributed by atoms with Gasteiger partial charge >= 0.3 is 0 Å². The third kappa shape index (κ3) is 5.35. The highest BCUT2D eigenvalue weighted by atomic mass is 32.2. The number of nitrogens with zero attached hydrogens (tertiary/aromatic N) is 2. The first-order valence-corrected chi connectivity index (χ1v) is 13.5. The van der Waals surface area contributed by atoms with Crippen LogP contribution in [0.25, 0.3) is 0 Å². The summed E-state index contributed by atoms with van der Waals surface area (Å²) in [6, 6.07) is 7.41. The topological polar surface area (TPSA) is 51.8 Å². The van der Waals surface area contributed by atoms with E-state index in [1.165, 1.54) is 62.0 Å². The number of aryl methyl sites for hydroxylation is 2. The van der Waals surface area contributed by atoms with Crippen molar-refractivity contribution in [2.45, 2.75) is 75.8 Å². The summed E-state index contributed by atoms with van der Waals surface area (Å²) in [5.41, 5.74) is 4.16. The molecule has 1 aromatic carbocycles. The number of piperazine rings is 1. The van der Waals surface area contributed by atoms with Crippen LogP contribution in [-0.4, -0.2) is 73.4 Å². The zero-order chi connectivity index (χ0) is 22.1. The van der Waals surface area contributed by atoms with Crippen LogP contribution in [0.2, 0.25) is 0 Å². The number of fused-ring (bicyclic) bond motifs is 5. The number of likely N-dealkylation sites (N-methyl/N-ethyl adjacent to an activating group) is 1. The Hall–Kier alpha value is -0.670. The maximum atomic E-state index is 6.62. The van der Waals surface area contributed by atoms with E-state index in [0.717, 1.165) is 25.5 Å². The summed E-state index contributed by atoms with van der Waals surface area (Å²) >= 11 is 1.94. The van der Waals surface area contributed by atoms with Gasteiger partial charge in [-0.25, -0.2) is 4.72 Å². The first-order chi connectivity index (χ1) is 15.5. The van der Waals surface area contributed by atoms with Crippen molar-refractivity contribution in [3.05, 3.63) is 34.9 Å². The predicted octanol–water partition coefficient (Wildman–Crippen LogP) is 2.98. The van der Waals surface area contributed by atoms with Gasteiger partial charge in [0.25, 0.3) is 0 Å². The molecule has 4 bridgehead atoms. The van der Waals surface area contributed by atoms with Crippen LogP contribution in [0.1, 0.15) is 54.8 Å². The second-order valence-electron chi connectivity index (χ2n) is 10.5. The van der Waals surface area contributed by atoms with Crippen LogP contribution in [-0.2, 0) is 4.74 Å². The van der Waals surface area contributed by atoms with Crippen LogP contribution in [0.3, 0.4) is 0 Å². The lowest BCUT2D eigenvalue weighted by molar-refractivity contribution is -0.0573. The van der Waals surface area contributed by atoms with Crippen LogP contribution >= 0.6 is 11.9 Å². The van der Waals surface area contributed by atoms with Crippen LogP contribution < -0.4 is 15.4 Å². The minimum Gasteiger partial charge on any atom is -0.362 e. The van der Waals surface area contributed by atoms with Gasteiger partial charge in [-0.2, -0.15) is 0 Å². The van der Waals surface area contributed by atoms with Crippen molar-refractivity contribution in [1.82, 2.24) is 25.2 Å². The number of ether oxygens (including phenoxy) is 1. The van der Waals surface area contributed by atoms with Crippen molar-refractivity contribution in [3.8, 4) is 0 Å². The summed E-state index contributed by atoms with van der Waals surface area (Å²) in [6.07, 6.45) is 6.44. The van der Waals surface area contributed by atoms with Crippen LogP contribution in [0.4, 0.5) is 0 Å². The van der Waals surface area contributed by atoms with E-state index in [1.54, 1.807) is 0 Å². The monoisotopic (exact) mass is 459 g/mol. The van der Waals surface area contributed by atoms with Crippen molar-refractivity contribution in [2.75, 3.05) is 39.8 Å². The Labute approximate surface area is 198 Å². The first-order valence-electron chi connectivity index (χ1n) is 12.6. The zero-order valence-corrected chi connectivity index (χ0v) is 20.8. The minimum atomic E-state index is 0.0487. The lowest BCUT2D eigenvalue weighted by atomic mass is 9.88. The lowest BCUT2D eigenvalue weighted by Crippen LogP contribution is -2.61. The molecular weight excluding hydrogens is 418 g/mol. The number of hydrogen-bond acceptors (Lipinski definition) is 7. The van der Waals surface area contributed by atoms with Crippen LogP contribution in [0.5, 0.6) is 0 Å². The Bertz CT molecular complexity index is 758. The van der Waals surface area contributed by atoms with E-state index in [9.17, 15) is 0 Å². The quantitative estimate of drug-likeness (QED) is 0.558. The van der Waals surface area contributed by atoms with Gasteiger partial charge in [-0.3, -0.25) is 15.5 Å². The molecule has 0 radical (unpaired) electrons. The number of hydrogen-bond donors (Lipinski definition) is 3. The smallest absolute Gasteiger partial charge is 0.123 e. The highest BCUT2D eigenvalue weighted by molar-refractivity contribution is 7.98. The van der Waals surface area contributed by atoms with Gasteiger partial charge in [0.15, 0.2) is 0 Å². The normalized spacial score (nSPS) is 37.6. The Kier molecular flexibility index (Phi) is 7.43. The minimum absolute atomic E-state index is 0.0487. The molecule has 3 heterocycles. The molecule has 4 aliphatic rings. The molecule has 4 fully saturated rings. The zero-order valence-electron chi connectivity index (χ0n) is 20.0. The molecular formula is C25H41N5OS. The van der Waals surface area contributed by atoms with E-state index in [0.29, 0.717) is 11.3 Å². The molecule has 3 N–H and O–H groups in total. The van der Waals surface area contributed by atoms with E-state index in [1.807, 2.05) is 11.9 Å². The molecule has 3 saturated heterocycles. The molecule has 0 spiro atoms. The van der Waals surface area contributed by atoms with E-state index >= 15 is 0 Å². The number of benzene rings is 1. The first kappa shape index (κ1) is 23.1. The fourth-order valence-corrected chi connectivity index (χ4v) is 7.35. The molecule has 0 aromatic heterocycles. The van der Waals surface area contributed by atoms with E-state index in [2.05, 4.69) is 64.2 Å². The van der Waals surface area contributed by atoms with Crippen molar-refractivity contribution in [1.29, 1.82) is 0 Å². The summed E-state index contributed by atoms with van der Waals surface area (Å²) in [5.74, 6) is 0.817. The molecule has 6 atom stereocenters. The van der Waals surface area contributed by atoms with Crippen LogP contribution in [0.15, 0.2) is 18.2 Å². The highest BCUT2D eigenvalue weighted by Crippen LogP contribution is 2.34. The lowest BCUT2D eigenvalue weighted by Gasteiger charge is -2.43. The summed E-state index contributed by atoms with van der Waals surface area (Å²) in [4.78, 5) is 5.21. The van der Waals surface area contributed by atoms with E-state index in [-0.39, 0.29) is 18.6 Å². The molecule has 5 unspecified atom stereocenters. The van der Waals surface area contributed by atoms with Crippen molar-refractivity contribution < 1.29 is 4.74 Å². The van der Waals surface area contributed by atoms with Gasteiger partial charge in [0.1, 0.15) is 12.5 Å². The molecule has 178 valence electrons. The standard InChI is InChI=1S/C25H41N5OS/c1-17-6-4-7-18(2)24(17)22-13-23-27-25(26-22)28-32-21-9-5-8-19(12-21)14-30-11-10-29(3)15-20(30)16-31-23/h4,6-7,19-23,25-28H,5,8-16H2,1-3H3/t19?,20-,21?,22?,23?,25?/m1/s1. The third-order valence-corrected chi connectivity index (χ3v) is 9.07. The molecule has 6 nitrogen and oxygen atoms in total. The van der Waals surface area contributed by atoms with Gasteiger partial charge in [0, 0.05) is 49.9 Å². The predicted molar refractivity (Wildman–Crippen MR) is 132 cm³/mol. The molecule has 1 saturated carbocycles. The van der Waals surface area contributed by atoms with Gasteiger partial charge < -0.3 is 9.64 Å². The molecule has 7 heteroatoms. The maximum Gasteiger partial charge on any atom is 0.123 e. The third-order valence-electron chi connectivity index (χ3n) is 7.94. The summed E-state index contributed by atoms with van der Waals surface area (Å²) in [5, 5.41) is 8.26. The van der Waals surface area contributed by atoms with Gasteiger partial charge in [0.2, 0.25) is 0 Å². The molecule has 1 aromatic rings. The number of nitrogens with one attached hydrogen (secondary N) is 3. The Balaban J connectivity index is 1.37. The Morgan fingerprint density at radius 2 is 1.88 bits per heavy atom. The van der Waals surface area contributed by atoms with E-state index in [4.69, 9.17) is 4.74 Å². The largest absolute Gasteiger partial charge is 0.362 e. The van der Waals surface area contributed by atoms with Gasteiger partial charge in [-0.15, -0.1) is 0 Å². The van der Waals surface area contributed by atoms with Gasteiger partial charge in [0.05, 0.1) is 6.61 Å². The van der Waals surface area contributed by atoms with Gasteiger partial charge in [-0.1, -0.05) is 36.6 Å². The maximum absolute atomic E-state index is 6.62. The second kappa shape index (κ2) is 10.3. The highest BCUT2D eigenvalue weighted by Gasteiger charge is 2.35. The van der Waals surface area contributed by atoms with Crippen molar-refractivity contribution in [2.24, 2.45) is 5.92 Å². The molecule has 3 aliphatic heterocycles. The Morgan fingerprint density at radius 3 is 2.72 bits per heavy atom. The molecule has 0 amide bonds. The summed E-state index contributed by atoms with van der Waals surface area (Å²) in [6.45, 7) is 9.97. The van der Waals surface area contributed by atoms with E-state index < -0.39 is 0 Å². The average Bonchev–Trinajstić information content (AvgIpc) is 2.78. The van der Waals surface area contributed by atoms with Crippen LogP contribution in [0, 0.1) is 19.8 Å². The molecule has 5 rings (SSSR count). The molecule has 1 aliphatic carbocycles. The second-order valence-corrected chi connectivity index (χ2v) is 11.6.